The maximum Gasteiger partial charge on any atom is 0.269 e. The van der Waals surface area contributed by atoms with Gasteiger partial charge in [0.2, 0.25) is 5.82 Å². The van der Waals surface area contributed by atoms with Crippen LogP contribution in [0.2, 0.25) is 0 Å². The number of tetrazole rings is 1. The molecular formula is C12H8N6O2. The van der Waals surface area contributed by atoms with E-state index >= 15 is 0 Å². The molecule has 98 valence electrons. The third-order valence-corrected chi connectivity index (χ3v) is 2.63. The summed E-state index contributed by atoms with van der Waals surface area (Å²) in [5.41, 5.74) is 1.37. The lowest BCUT2D eigenvalue weighted by Crippen LogP contribution is -1.98. The van der Waals surface area contributed by atoms with Gasteiger partial charge >= 0.3 is 0 Å². The standard InChI is InChI=1S/C12H8N6O2/c19-18(20)10-5-3-9(4-6-10)12-14-16-17(15-12)11-2-1-7-13-8-11/h1-8H. The summed E-state index contributed by atoms with van der Waals surface area (Å²) in [5, 5.41) is 22.6. The molecule has 0 unspecified atom stereocenters. The van der Waals surface area contributed by atoms with Gasteiger partial charge in [0.1, 0.15) is 5.69 Å². The monoisotopic (exact) mass is 268 g/mol. The summed E-state index contributed by atoms with van der Waals surface area (Å²) < 4.78 is 0. The average Bonchev–Trinajstić information content (AvgIpc) is 2.98. The third kappa shape index (κ3) is 2.21. The van der Waals surface area contributed by atoms with Gasteiger partial charge in [0.05, 0.1) is 11.1 Å². The van der Waals surface area contributed by atoms with Crippen LogP contribution >= 0.6 is 0 Å². The highest BCUT2D eigenvalue weighted by Crippen LogP contribution is 2.18. The van der Waals surface area contributed by atoms with Crippen LogP contribution in [0.15, 0.2) is 48.8 Å². The molecule has 0 saturated carbocycles. The molecule has 1 aromatic carbocycles. The van der Waals surface area contributed by atoms with Gasteiger partial charge in [-0.25, -0.2) is 0 Å². The van der Waals surface area contributed by atoms with Crippen LogP contribution in [0.4, 0.5) is 5.69 Å². The minimum Gasteiger partial charge on any atom is -0.262 e. The van der Waals surface area contributed by atoms with Crippen molar-refractivity contribution < 1.29 is 4.92 Å². The first-order valence-electron chi connectivity index (χ1n) is 5.69. The van der Waals surface area contributed by atoms with E-state index in [1.165, 1.54) is 16.9 Å². The van der Waals surface area contributed by atoms with E-state index in [1.54, 1.807) is 36.7 Å². The molecule has 3 aromatic rings. The second kappa shape index (κ2) is 4.84. The molecule has 0 aliphatic carbocycles. The molecule has 0 fully saturated rings. The molecule has 0 saturated heterocycles. The van der Waals surface area contributed by atoms with Crippen LogP contribution in [-0.4, -0.2) is 30.1 Å². The van der Waals surface area contributed by atoms with Gasteiger partial charge in [0.15, 0.2) is 0 Å². The molecule has 0 spiro atoms. The van der Waals surface area contributed by atoms with Gasteiger partial charge in [-0.3, -0.25) is 15.1 Å². The van der Waals surface area contributed by atoms with E-state index in [1.807, 2.05) is 0 Å². The number of rotatable bonds is 3. The highest BCUT2D eigenvalue weighted by molar-refractivity contribution is 5.56. The van der Waals surface area contributed by atoms with Crippen molar-refractivity contribution >= 4 is 5.69 Å². The van der Waals surface area contributed by atoms with E-state index in [0.717, 1.165) is 0 Å². The van der Waals surface area contributed by atoms with Crippen LogP contribution < -0.4 is 0 Å². The number of nitro groups is 1. The number of non-ortho nitro benzene ring substituents is 1. The number of nitro benzene ring substituents is 1. The Kier molecular flexibility index (Phi) is 2.88. The number of nitrogens with zero attached hydrogens (tertiary/aromatic N) is 6. The molecule has 0 radical (unpaired) electrons. The zero-order chi connectivity index (χ0) is 13.9. The number of pyridine rings is 1. The summed E-state index contributed by atoms with van der Waals surface area (Å²) in [5.74, 6) is 0.392. The Morgan fingerprint density at radius 1 is 1.15 bits per heavy atom. The topological polar surface area (TPSA) is 99.6 Å². The fourth-order valence-corrected chi connectivity index (χ4v) is 1.64. The molecule has 3 rings (SSSR count). The molecule has 0 bridgehead atoms. The molecule has 2 heterocycles. The largest absolute Gasteiger partial charge is 0.269 e. The van der Waals surface area contributed by atoms with E-state index in [-0.39, 0.29) is 5.69 Å². The fourth-order valence-electron chi connectivity index (χ4n) is 1.64. The fraction of sp³-hybridized carbons (Fsp3) is 0. The van der Waals surface area contributed by atoms with Gasteiger partial charge in [-0.05, 0) is 29.5 Å². The van der Waals surface area contributed by atoms with E-state index in [9.17, 15) is 10.1 Å². The van der Waals surface area contributed by atoms with Gasteiger partial charge in [-0.2, -0.15) is 0 Å². The summed E-state index contributed by atoms with van der Waals surface area (Å²) in [6.07, 6.45) is 3.26. The molecule has 8 nitrogen and oxygen atoms in total. The van der Waals surface area contributed by atoms with Crippen molar-refractivity contribution in [3.05, 3.63) is 58.9 Å². The zero-order valence-electron chi connectivity index (χ0n) is 10.1. The lowest BCUT2D eigenvalue weighted by Gasteiger charge is -1.96. The maximum absolute atomic E-state index is 10.6. The van der Waals surface area contributed by atoms with Gasteiger partial charge in [-0.15, -0.1) is 15.0 Å². The van der Waals surface area contributed by atoms with E-state index in [4.69, 9.17) is 0 Å². The SMILES string of the molecule is O=[N+]([O-])c1ccc(-c2nnn(-c3cccnc3)n2)cc1. The third-order valence-electron chi connectivity index (χ3n) is 2.63. The quantitative estimate of drug-likeness (QED) is 0.528. The minimum absolute atomic E-state index is 0.0217. The lowest BCUT2D eigenvalue weighted by atomic mass is 10.2. The van der Waals surface area contributed by atoms with Gasteiger partial charge < -0.3 is 0 Å². The van der Waals surface area contributed by atoms with Crippen LogP contribution in [0.5, 0.6) is 0 Å². The molecule has 20 heavy (non-hydrogen) atoms. The molecule has 0 N–H and O–H groups in total. The summed E-state index contributed by atoms with van der Waals surface area (Å²) >= 11 is 0. The molecule has 0 amide bonds. The Bertz CT molecular complexity index is 738. The van der Waals surface area contributed by atoms with Crippen LogP contribution in [0.3, 0.4) is 0 Å². The Morgan fingerprint density at radius 2 is 1.95 bits per heavy atom. The molecule has 0 aliphatic rings. The van der Waals surface area contributed by atoms with Crippen molar-refractivity contribution in [2.24, 2.45) is 0 Å². The molecule has 8 heteroatoms. The van der Waals surface area contributed by atoms with Crippen molar-refractivity contribution in [2.75, 3.05) is 0 Å². The van der Waals surface area contributed by atoms with Gasteiger partial charge in [-0.1, -0.05) is 0 Å². The van der Waals surface area contributed by atoms with Gasteiger partial charge in [0.25, 0.3) is 5.69 Å². The number of hydrogen-bond acceptors (Lipinski definition) is 6. The number of hydrogen-bond donors (Lipinski definition) is 0. The predicted molar refractivity (Wildman–Crippen MR) is 69.0 cm³/mol. The first-order chi connectivity index (χ1) is 9.74. The Hall–Kier alpha value is -3.16. The highest BCUT2D eigenvalue weighted by atomic mass is 16.6. The first kappa shape index (κ1) is 11.9. The average molecular weight is 268 g/mol. The van der Waals surface area contributed by atoms with E-state index in [2.05, 4.69) is 20.4 Å². The summed E-state index contributed by atoms with van der Waals surface area (Å²) in [7, 11) is 0. The molecular weight excluding hydrogens is 260 g/mol. The van der Waals surface area contributed by atoms with Gasteiger partial charge in [0, 0.05) is 23.9 Å². The van der Waals surface area contributed by atoms with Crippen molar-refractivity contribution in [3.63, 3.8) is 0 Å². The summed E-state index contributed by atoms with van der Waals surface area (Å²) in [6.45, 7) is 0. The number of aromatic nitrogens is 5. The lowest BCUT2D eigenvalue weighted by molar-refractivity contribution is -0.384. The van der Waals surface area contributed by atoms with Crippen molar-refractivity contribution in [2.45, 2.75) is 0 Å². The predicted octanol–water partition coefficient (Wildman–Crippen LogP) is 1.63. The second-order valence-corrected chi connectivity index (χ2v) is 3.92. The van der Waals surface area contributed by atoms with E-state index in [0.29, 0.717) is 17.1 Å². The first-order valence-corrected chi connectivity index (χ1v) is 5.69. The Morgan fingerprint density at radius 3 is 2.60 bits per heavy atom. The Balaban J connectivity index is 1.92. The van der Waals surface area contributed by atoms with Crippen molar-refractivity contribution in [1.29, 1.82) is 0 Å². The normalized spacial score (nSPS) is 10.4. The van der Waals surface area contributed by atoms with Crippen molar-refractivity contribution in [3.8, 4) is 17.1 Å². The maximum atomic E-state index is 10.6. The molecule has 0 aliphatic heterocycles. The Labute approximate surface area is 112 Å². The zero-order valence-corrected chi connectivity index (χ0v) is 10.1. The van der Waals surface area contributed by atoms with Crippen LogP contribution in [0.25, 0.3) is 17.1 Å². The van der Waals surface area contributed by atoms with Crippen LogP contribution in [0.1, 0.15) is 0 Å². The van der Waals surface area contributed by atoms with Crippen LogP contribution in [-0.2, 0) is 0 Å². The summed E-state index contributed by atoms with van der Waals surface area (Å²) in [4.78, 5) is 15.5. The second-order valence-electron chi connectivity index (χ2n) is 3.92. The highest BCUT2D eigenvalue weighted by Gasteiger charge is 2.10. The molecule has 0 atom stereocenters. The summed E-state index contributed by atoms with van der Waals surface area (Å²) in [6, 6.07) is 9.55. The number of benzene rings is 1. The van der Waals surface area contributed by atoms with Crippen molar-refractivity contribution in [1.82, 2.24) is 25.2 Å². The smallest absolute Gasteiger partial charge is 0.262 e. The molecule has 2 aromatic heterocycles. The van der Waals surface area contributed by atoms with E-state index < -0.39 is 4.92 Å². The minimum atomic E-state index is -0.455. The van der Waals surface area contributed by atoms with Crippen LogP contribution in [0, 0.1) is 10.1 Å².